The molecular formula is C25H39NO3. The topological polar surface area (TPSA) is 55.4 Å². The maximum Gasteiger partial charge on any atom is 0.306 e. The molecule has 5 rings (SSSR count). The number of esters is 1. The fourth-order valence-electron chi connectivity index (χ4n) is 8.53. The second-order valence-electron chi connectivity index (χ2n) is 11.5. The van der Waals surface area contributed by atoms with E-state index >= 15 is 0 Å². The van der Waals surface area contributed by atoms with E-state index < -0.39 is 0 Å². The minimum Gasteiger partial charge on any atom is -0.462 e. The zero-order valence-electron chi connectivity index (χ0n) is 18.4. The third-order valence-electron chi connectivity index (χ3n) is 10.2. The van der Waals surface area contributed by atoms with Gasteiger partial charge in [0.25, 0.3) is 0 Å². The van der Waals surface area contributed by atoms with Crippen LogP contribution in [0.3, 0.4) is 0 Å². The van der Waals surface area contributed by atoms with E-state index in [-0.39, 0.29) is 28.8 Å². The molecule has 4 nitrogen and oxygen atoms in total. The predicted molar refractivity (Wildman–Crippen MR) is 112 cm³/mol. The highest BCUT2D eigenvalue weighted by molar-refractivity contribution is 5.80. The molecule has 4 saturated carbocycles. The van der Waals surface area contributed by atoms with E-state index in [1.807, 2.05) is 0 Å². The van der Waals surface area contributed by atoms with E-state index in [0.717, 1.165) is 25.7 Å². The van der Waals surface area contributed by atoms with Crippen LogP contribution >= 0.6 is 0 Å². The van der Waals surface area contributed by atoms with Crippen molar-refractivity contribution in [2.45, 2.75) is 109 Å². The van der Waals surface area contributed by atoms with Gasteiger partial charge >= 0.3 is 5.97 Å². The Balaban J connectivity index is 1.31. The molecule has 0 aromatic carbocycles. The van der Waals surface area contributed by atoms with Crippen LogP contribution in [0, 0.1) is 34.5 Å². The number of carbonyl (C=O) groups is 2. The fraction of sp³-hybridized carbons (Fsp3) is 0.920. The van der Waals surface area contributed by atoms with Gasteiger partial charge in [0, 0.05) is 23.8 Å². The Labute approximate surface area is 175 Å². The summed E-state index contributed by atoms with van der Waals surface area (Å²) < 4.78 is 5.82. The molecule has 7 atom stereocenters. The summed E-state index contributed by atoms with van der Waals surface area (Å²) in [5, 5.41) is 3.45. The van der Waals surface area contributed by atoms with Crippen LogP contribution < -0.4 is 5.32 Å². The lowest BCUT2D eigenvalue weighted by molar-refractivity contribution is -0.192. The van der Waals surface area contributed by atoms with Gasteiger partial charge in [-0.1, -0.05) is 33.1 Å². The Morgan fingerprint density at radius 3 is 2.45 bits per heavy atom. The number of fused-ring (bicyclic) bond motifs is 5. The number of ether oxygens (including phenoxy) is 1. The highest BCUT2D eigenvalue weighted by atomic mass is 16.5. The molecule has 0 aromatic rings. The number of nitrogens with one attached hydrogen (secondary N) is 1. The smallest absolute Gasteiger partial charge is 0.306 e. The maximum atomic E-state index is 13.3. The number of hydrogen-bond donors (Lipinski definition) is 1. The van der Waals surface area contributed by atoms with Crippen molar-refractivity contribution in [3.63, 3.8) is 0 Å². The molecule has 29 heavy (non-hydrogen) atoms. The fourth-order valence-corrected chi connectivity index (χ4v) is 8.53. The van der Waals surface area contributed by atoms with E-state index in [1.165, 1.54) is 51.4 Å². The lowest BCUT2D eigenvalue weighted by atomic mass is 9.47. The number of hydrogen-bond acceptors (Lipinski definition) is 3. The summed E-state index contributed by atoms with van der Waals surface area (Å²) >= 11 is 0. The van der Waals surface area contributed by atoms with E-state index in [4.69, 9.17) is 4.74 Å². The number of rotatable bonds is 2. The molecule has 0 bridgehead atoms. The monoisotopic (exact) mass is 401 g/mol. The zero-order valence-corrected chi connectivity index (χ0v) is 18.4. The Kier molecular flexibility index (Phi) is 4.98. The third kappa shape index (κ3) is 3.15. The first-order chi connectivity index (χ1) is 13.9. The normalized spacial score (nSPS) is 47.5. The molecule has 162 valence electrons. The summed E-state index contributed by atoms with van der Waals surface area (Å²) in [6.45, 7) is 4.83. The molecule has 1 N–H and O–H groups in total. The quantitative estimate of drug-likeness (QED) is 0.663. The van der Waals surface area contributed by atoms with Crippen LogP contribution in [-0.2, 0) is 14.3 Å². The average molecular weight is 402 g/mol. The zero-order chi connectivity index (χ0) is 20.2. The first-order valence-corrected chi connectivity index (χ1v) is 12.4. The van der Waals surface area contributed by atoms with Crippen molar-refractivity contribution in [3.05, 3.63) is 0 Å². The third-order valence-corrected chi connectivity index (χ3v) is 10.2. The molecule has 1 saturated heterocycles. The Bertz CT molecular complexity index is 671. The molecule has 0 aromatic heterocycles. The van der Waals surface area contributed by atoms with E-state index in [2.05, 4.69) is 19.2 Å². The minimum atomic E-state index is 0.00638. The van der Waals surface area contributed by atoms with E-state index in [0.29, 0.717) is 36.1 Å². The first kappa shape index (κ1) is 19.9. The standard InChI is InChI=1S/C25H39NO3/c1-24-14-12-19-17(8-11-21-25(19,2)15-13-22(27)29-21)18(24)9-10-20(24)23(28)26-16-6-4-3-5-7-16/h16-21H,3-15H2,1-2H3,(H,26,28)/t17?,18?,19?,20-,21-,24+,25-/m1/s1. The van der Waals surface area contributed by atoms with E-state index in [9.17, 15) is 9.59 Å². The average Bonchev–Trinajstić information content (AvgIpc) is 3.06. The van der Waals surface area contributed by atoms with Gasteiger partial charge in [0.15, 0.2) is 0 Å². The van der Waals surface area contributed by atoms with Gasteiger partial charge in [0.1, 0.15) is 6.10 Å². The van der Waals surface area contributed by atoms with Crippen LogP contribution in [0.1, 0.15) is 97.3 Å². The largest absolute Gasteiger partial charge is 0.462 e. The van der Waals surface area contributed by atoms with Gasteiger partial charge in [0.2, 0.25) is 5.91 Å². The molecule has 0 spiro atoms. The summed E-state index contributed by atoms with van der Waals surface area (Å²) in [4.78, 5) is 25.2. The Morgan fingerprint density at radius 1 is 0.897 bits per heavy atom. The van der Waals surface area contributed by atoms with Crippen LogP contribution in [0.4, 0.5) is 0 Å². The van der Waals surface area contributed by atoms with Crippen LogP contribution in [0.15, 0.2) is 0 Å². The van der Waals surface area contributed by atoms with Gasteiger partial charge in [-0.15, -0.1) is 0 Å². The molecule has 5 fully saturated rings. The van der Waals surface area contributed by atoms with Crippen molar-refractivity contribution in [2.75, 3.05) is 0 Å². The second-order valence-corrected chi connectivity index (χ2v) is 11.5. The van der Waals surface area contributed by atoms with Crippen molar-refractivity contribution in [2.24, 2.45) is 34.5 Å². The molecule has 0 radical (unpaired) electrons. The summed E-state index contributed by atoms with van der Waals surface area (Å²) in [6.07, 6.45) is 14.7. The first-order valence-electron chi connectivity index (χ1n) is 12.4. The summed E-state index contributed by atoms with van der Waals surface area (Å²) in [7, 11) is 0. The predicted octanol–water partition coefficient (Wildman–Crippen LogP) is 5.00. The maximum absolute atomic E-state index is 13.3. The van der Waals surface area contributed by atoms with E-state index in [1.54, 1.807) is 0 Å². The van der Waals surface area contributed by atoms with Crippen LogP contribution in [0.25, 0.3) is 0 Å². The van der Waals surface area contributed by atoms with Crippen molar-refractivity contribution in [3.8, 4) is 0 Å². The molecular weight excluding hydrogens is 362 g/mol. The van der Waals surface area contributed by atoms with Crippen molar-refractivity contribution < 1.29 is 14.3 Å². The van der Waals surface area contributed by atoms with Gasteiger partial charge in [-0.25, -0.2) is 0 Å². The van der Waals surface area contributed by atoms with Crippen LogP contribution in [0.5, 0.6) is 0 Å². The van der Waals surface area contributed by atoms with Crippen molar-refractivity contribution >= 4 is 11.9 Å². The van der Waals surface area contributed by atoms with Crippen molar-refractivity contribution in [1.29, 1.82) is 0 Å². The molecule has 1 aliphatic heterocycles. The number of amides is 1. The van der Waals surface area contributed by atoms with Gasteiger partial charge in [-0.05, 0) is 81.0 Å². The summed E-state index contributed by atoms with van der Waals surface area (Å²) in [5.74, 6) is 2.59. The molecule has 1 amide bonds. The molecule has 4 aliphatic carbocycles. The van der Waals surface area contributed by atoms with Gasteiger partial charge in [0.05, 0.1) is 0 Å². The Morgan fingerprint density at radius 2 is 1.66 bits per heavy atom. The SMILES string of the molecule is C[C@]12CCC3C(CC[C@H]4OC(=O)CC[C@]34C)C1CC[C@@H]2C(=O)NC1CCCCC1. The van der Waals surface area contributed by atoms with Gasteiger partial charge in [-0.3, -0.25) is 9.59 Å². The molecule has 4 heteroatoms. The van der Waals surface area contributed by atoms with Crippen LogP contribution in [-0.4, -0.2) is 24.0 Å². The highest BCUT2D eigenvalue weighted by Gasteiger charge is 2.62. The molecule has 3 unspecified atom stereocenters. The van der Waals surface area contributed by atoms with Gasteiger partial charge in [-0.2, -0.15) is 0 Å². The van der Waals surface area contributed by atoms with Crippen molar-refractivity contribution in [1.82, 2.24) is 5.32 Å². The highest BCUT2D eigenvalue weighted by Crippen LogP contribution is 2.66. The second kappa shape index (κ2) is 7.27. The van der Waals surface area contributed by atoms with Gasteiger partial charge < -0.3 is 10.1 Å². The molecule has 1 heterocycles. The lowest BCUT2D eigenvalue weighted by Crippen LogP contribution is -2.57. The summed E-state index contributed by atoms with van der Waals surface area (Å²) in [5.41, 5.74) is 0.315. The minimum absolute atomic E-state index is 0.00638. The lowest BCUT2D eigenvalue weighted by Gasteiger charge is -2.59. The van der Waals surface area contributed by atoms with Crippen LogP contribution in [0.2, 0.25) is 0 Å². The Hall–Kier alpha value is -1.06. The number of carbonyl (C=O) groups excluding carboxylic acids is 2. The summed E-state index contributed by atoms with van der Waals surface area (Å²) in [6, 6.07) is 0.418. The molecule has 5 aliphatic rings.